The summed E-state index contributed by atoms with van der Waals surface area (Å²) in [6, 6.07) is 21.4. The van der Waals surface area contributed by atoms with Gasteiger partial charge in [0.25, 0.3) is 0 Å². The molecule has 8 heteroatoms. The van der Waals surface area contributed by atoms with Gasteiger partial charge in [-0.2, -0.15) is 0 Å². The Bertz CT molecular complexity index is 1270. The van der Waals surface area contributed by atoms with Crippen LogP contribution in [0.5, 0.6) is 5.75 Å². The summed E-state index contributed by atoms with van der Waals surface area (Å²) in [5, 5.41) is 12.1. The number of hydrogen-bond acceptors (Lipinski definition) is 6. The van der Waals surface area contributed by atoms with Crippen molar-refractivity contribution in [2.45, 2.75) is 44.8 Å². The first-order valence-corrected chi connectivity index (χ1v) is 12.4. The van der Waals surface area contributed by atoms with E-state index >= 15 is 0 Å². The summed E-state index contributed by atoms with van der Waals surface area (Å²) in [6.45, 7) is 5.17. The second-order valence-electron chi connectivity index (χ2n) is 10.1. The van der Waals surface area contributed by atoms with E-state index in [2.05, 4.69) is 5.32 Å². The molecule has 1 amide bonds. The second-order valence-corrected chi connectivity index (χ2v) is 10.1. The first kappa shape index (κ1) is 26.7. The lowest BCUT2D eigenvalue weighted by Gasteiger charge is -2.19. The molecule has 0 saturated heterocycles. The number of nitrogens with one attached hydrogen (secondary N) is 1. The van der Waals surface area contributed by atoms with E-state index in [0.29, 0.717) is 11.3 Å². The first-order valence-electron chi connectivity index (χ1n) is 12.4. The molecule has 0 bridgehead atoms. The highest BCUT2D eigenvalue weighted by Crippen LogP contribution is 2.44. The molecule has 0 spiro atoms. The molecule has 0 aliphatic heterocycles. The highest BCUT2D eigenvalue weighted by Gasteiger charge is 2.30. The maximum absolute atomic E-state index is 12.6. The van der Waals surface area contributed by atoms with Crippen molar-refractivity contribution in [3.8, 4) is 16.9 Å². The van der Waals surface area contributed by atoms with Crippen molar-refractivity contribution in [1.82, 2.24) is 5.32 Å². The number of ether oxygens (including phenoxy) is 3. The van der Waals surface area contributed by atoms with Crippen LogP contribution < -0.4 is 10.1 Å². The summed E-state index contributed by atoms with van der Waals surface area (Å²) in [4.78, 5) is 36.2. The van der Waals surface area contributed by atoms with Crippen LogP contribution in [0.4, 0.5) is 4.79 Å². The number of carbonyl (C=O) groups is 3. The van der Waals surface area contributed by atoms with Gasteiger partial charge in [0.2, 0.25) is 0 Å². The Morgan fingerprint density at radius 1 is 0.895 bits per heavy atom. The lowest BCUT2D eigenvalue weighted by molar-refractivity contribution is -0.157. The van der Waals surface area contributed by atoms with Crippen molar-refractivity contribution in [2.75, 3.05) is 13.2 Å². The van der Waals surface area contributed by atoms with Crippen molar-refractivity contribution in [1.29, 1.82) is 0 Å². The van der Waals surface area contributed by atoms with Crippen LogP contribution in [0.3, 0.4) is 0 Å². The van der Waals surface area contributed by atoms with Crippen LogP contribution in [0.2, 0.25) is 0 Å². The van der Waals surface area contributed by atoms with Crippen LogP contribution in [0, 0.1) is 0 Å². The zero-order valence-corrected chi connectivity index (χ0v) is 21.6. The molecular formula is C30H31NO7. The lowest BCUT2D eigenvalue weighted by atomic mass is 9.98. The summed E-state index contributed by atoms with van der Waals surface area (Å²) in [5.41, 5.74) is 4.44. The van der Waals surface area contributed by atoms with Crippen molar-refractivity contribution in [3.05, 3.63) is 89.5 Å². The summed E-state index contributed by atoms with van der Waals surface area (Å²) < 4.78 is 16.1. The fraction of sp³-hybridized carbons (Fsp3) is 0.300. The third-order valence-electron chi connectivity index (χ3n) is 6.07. The summed E-state index contributed by atoms with van der Waals surface area (Å²) in [6.07, 6.45) is -0.747. The third-order valence-corrected chi connectivity index (χ3v) is 6.07. The molecule has 1 aliphatic carbocycles. The summed E-state index contributed by atoms with van der Waals surface area (Å²) in [5.74, 6) is -1.34. The van der Waals surface area contributed by atoms with E-state index in [1.807, 2.05) is 48.5 Å². The van der Waals surface area contributed by atoms with Crippen LogP contribution in [0.15, 0.2) is 72.8 Å². The van der Waals surface area contributed by atoms with Crippen molar-refractivity contribution < 1.29 is 33.7 Å². The number of benzene rings is 3. The van der Waals surface area contributed by atoms with Crippen molar-refractivity contribution in [3.63, 3.8) is 0 Å². The number of hydrogen-bond donors (Lipinski definition) is 2. The van der Waals surface area contributed by atoms with Gasteiger partial charge in [-0.3, -0.25) is 0 Å². The quantitative estimate of drug-likeness (QED) is 0.387. The minimum absolute atomic E-state index is 0.0475. The van der Waals surface area contributed by atoms with Crippen LogP contribution in [-0.4, -0.2) is 48.0 Å². The van der Waals surface area contributed by atoms with Crippen LogP contribution in [-0.2, 0) is 25.5 Å². The van der Waals surface area contributed by atoms with E-state index in [1.165, 1.54) is 0 Å². The van der Waals surface area contributed by atoms with Crippen LogP contribution in [0.1, 0.15) is 43.4 Å². The first-order chi connectivity index (χ1) is 18.1. The van der Waals surface area contributed by atoms with Gasteiger partial charge in [0, 0.05) is 12.3 Å². The Morgan fingerprint density at radius 2 is 1.47 bits per heavy atom. The number of rotatable bonds is 9. The molecule has 3 aromatic rings. The number of alkyl carbamates (subject to hydrolysis) is 1. The fourth-order valence-corrected chi connectivity index (χ4v) is 4.45. The normalized spacial score (nSPS) is 13.1. The number of aliphatic carboxylic acids is 1. The van der Waals surface area contributed by atoms with Gasteiger partial charge in [-0.15, -0.1) is 0 Å². The molecule has 0 radical (unpaired) electrons. The topological polar surface area (TPSA) is 111 Å². The summed E-state index contributed by atoms with van der Waals surface area (Å²) in [7, 11) is 0. The predicted molar refractivity (Wildman–Crippen MR) is 141 cm³/mol. The minimum atomic E-state index is -1.18. The Morgan fingerprint density at radius 3 is 2.03 bits per heavy atom. The van der Waals surface area contributed by atoms with Gasteiger partial charge >= 0.3 is 18.0 Å². The Kier molecular flexibility index (Phi) is 8.00. The Labute approximate surface area is 221 Å². The molecule has 3 aromatic carbocycles. The molecule has 0 saturated carbocycles. The van der Waals surface area contributed by atoms with Crippen LogP contribution in [0.25, 0.3) is 11.1 Å². The molecule has 4 rings (SSSR count). The average molecular weight is 518 g/mol. The van der Waals surface area contributed by atoms with Gasteiger partial charge in [0.05, 0.1) is 0 Å². The highest BCUT2D eigenvalue weighted by atomic mass is 16.6. The maximum Gasteiger partial charge on any atom is 0.407 e. The Balaban J connectivity index is 1.31. The monoisotopic (exact) mass is 517 g/mol. The van der Waals surface area contributed by atoms with E-state index in [4.69, 9.17) is 14.2 Å². The van der Waals surface area contributed by atoms with E-state index in [1.54, 1.807) is 45.0 Å². The molecule has 2 N–H and O–H groups in total. The lowest BCUT2D eigenvalue weighted by Crippen LogP contribution is -2.42. The molecule has 1 atom stereocenters. The zero-order chi connectivity index (χ0) is 27.3. The molecule has 198 valence electrons. The third kappa shape index (κ3) is 6.70. The highest BCUT2D eigenvalue weighted by molar-refractivity contribution is 5.81. The predicted octanol–water partition coefficient (Wildman–Crippen LogP) is 4.94. The number of esters is 1. The van der Waals surface area contributed by atoms with E-state index in [9.17, 15) is 19.5 Å². The van der Waals surface area contributed by atoms with Gasteiger partial charge in [0.15, 0.2) is 6.61 Å². The number of amides is 1. The maximum atomic E-state index is 12.6. The van der Waals surface area contributed by atoms with Crippen molar-refractivity contribution in [2.24, 2.45) is 0 Å². The van der Waals surface area contributed by atoms with Gasteiger partial charge in [-0.25, -0.2) is 14.4 Å². The molecular weight excluding hydrogens is 486 g/mol. The molecule has 0 unspecified atom stereocenters. The number of carbonyl (C=O) groups excluding carboxylic acids is 2. The second kappa shape index (κ2) is 11.4. The molecule has 0 aromatic heterocycles. The van der Waals surface area contributed by atoms with Gasteiger partial charge < -0.3 is 24.6 Å². The molecule has 38 heavy (non-hydrogen) atoms. The molecule has 0 heterocycles. The van der Waals surface area contributed by atoms with Gasteiger partial charge in [0.1, 0.15) is 24.0 Å². The molecule has 1 aliphatic rings. The zero-order valence-electron chi connectivity index (χ0n) is 21.6. The van der Waals surface area contributed by atoms with Gasteiger partial charge in [-0.1, -0.05) is 60.7 Å². The average Bonchev–Trinajstić information content (AvgIpc) is 3.19. The molecule has 0 fully saturated rings. The number of fused-ring (bicyclic) bond motifs is 3. The fourth-order valence-electron chi connectivity index (χ4n) is 4.45. The number of carboxylic acids is 1. The van der Waals surface area contributed by atoms with E-state index < -0.39 is 29.7 Å². The standard InChI is InChI=1S/C30H31NO7/c1-30(2,3)38-27(32)18-36-20-14-12-19(13-15-20)16-26(28(33)34)31-29(35)37-17-25-23-10-6-4-8-21(23)22-9-5-7-11-24(22)25/h4-15,25-26H,16-18H2,1-3H3,(H,31,35)(H,33,34)/t26-/m1/s1. The Hall–Kier alpha value is -4.33. The summed E-state index contributed by atoms with van der Waals surface area (Å²) >= 11 is 0. The number of carboxylic acid groups (broad SMARTS) is 1. The van der Waals surface area contributed by atoms with Crippen LogP contribution >= 0.6 is 0 Å². The van der Waals surface area contributed by atoms with Crippen molar-refractivity contribution >= 4 is 18.0 Å². The minimum Gasteiger partial charge on any atom is -0.482 e. The van der Waals surface area contributed by atoms with E-state index in [0.717, 1.165) is 22.3 Å². The van der Waals surface area contributed by atoms with E-state index in [-0.39, 0.29) is 25.6 Å². The smallest absolute Gasteiger partial charge is 0.407 e. The SMILES string of the molecule is CC(C)(C)OC(=O)COc1ccc(C[C@@H](NC(=O)OCC2c3ccccc3-c3ccccc32)C(=O)O)cc1. The largest absolute Gasteiger partial charge is 0.482 e. The molecule has 8 nitrogen and oxygen atoms in total. The van der Waals surface area contributed by atoms with Gasteiger partial charge in [-0.05, 0) is 60.7 Å².